The van der Waals surface area contributed by atoms with Gasteiger partial charge < -0.3 is 9.84 Å². The van der Waals surface area contributed by atoms with Crippen molar-refractivity contribution in [3.63, 3.8) is 0 Å². The minimum absolute atomic E-state index is 0.409. The second-order valence-corrected chi connectivity index (χ2v) is 5.20. The van der Waals surface area contributed by atoms with Crippen molar-refractivity contribution in [2.45, 2.75) is 64.9 Å². The standard InChI is InChI=1S/C17H28O2/c1-3-19-15(2)11-7-5-4-6-8-12-16-13-9-10-14-17(16)18/h9-10,13-15,18H,3-8,11-12H2,1-2H3. The first-order valence-electron chi connectivity index (χ1n) is 7.62. The Morgan fingerprint density at radius 3 is 2.47 bits per heavy atom. The molecule has 0 aromatic heterocycles. The maximum atomic E-state index is 9.65. The van der Waals surface area contributed by atoms with E-state index >= 15 is 0 Å². The minimum atomic E-state index is 0.409. The molecule has 2 heteroatoms. The predicted octanol–water partition coefficient (Wildman–Crippen LogP) is 4.70. The van der Waals surface area contributed by atoms with Crippen molar-refractivity contribution in [1.82, 2.24) is 0 Å². The Hall–Kier alpha value is -1.02. The van der Waals surface area contributed by atoms with E-state index in [2.05, 4.69) is 13.8 Å². The van der Waals surface area contributed by atoms with Gasteiger partial charge in [-0.15, -0.1) is 0 Å². The van der Waals surface area contributed by atoms with Crippen LogP contribution in [0.5, 0.6) is 5.75 Å². The Morgan fingerprint density at radius 2 is 1.74 bits per heavy atom. The second-order valence-electron chi connectivity index (χ2n) is 5.20. The molecule has 0 aliphatic rings. The quantitative estimate of drug-likeness (QED) is 0.621. The number of aromatic hydroxyl groups is 1. The number of aryl methyl sites for hydroxylation is 1. The molecule has 1 aromatic rings. The van der Waals surface area contributed by atoms with Crippen LogP contribution in [-0.2, 0) is 11.2 Å². The van der Waals surface area contributed by atoms with Crippen LogP contribution < -0.4 is 0 Å². The molecule has 1 atom stereocenters. The number of benzene rings is 1. The fraction of sp³-hybridized carbons (Fsp3) is 0.647. The van der Waals surface area contributed by atoms with Gasteiger partial charge in [-0.3, -0.25) is 0 Å². The Bertz CT molecular complexity index is 336. The molecule has 1 N–H and O–H groups in total. The summed E-state index contributed by atoms with van der Waals surface area (Å²) in [6, 6.07) is 7.64. The summed E-state index contributed by atoms with van der Waals surface area (Å²) in [5.74, 6) is 0.438. The Morgan fingerprint density at radius 1 is 1.05 bits per heavy atom. The molecule has 0 saturated heterocycles. The Balaban J connectivity index is 1.98. The topological polar surface area (TPSA) is 29.5 Å². The van der Waals surface area contributed by atoms with Gasteiger partial charge in [0.05, 0.1) is 6.10 Å². The lowest BCUT2D eigenvalue weighted by Gasteiger charge is -2.10. The van der Waals surface area contributed by atoms with Crippen molar-refractivity contribution >= 4 is 0 Å². The first-order valence-corrected chi connectivity index (χ1v) is 7.62. The molecule has 108 valence electrons. The normalized spacial score (nSPS) is 12.5. The predicted molar refractivity (Wildman–Crippen MR) is 80.6 cm³/mol. The molecule has 0 aliphatic heterocycles. The third-order valence-corrected chi connectivity index (χ3v) is 3.50. The van der Waals surface area contributed by atoms with Crippen LogP contribution in [0.4, 0.5) is 0 Å². The van der Waals surface area contributed by atoms with Crippen LogP contribution in [0.25, 0.3) is 0 Å². The summed E-state index contributed by atoms with van der Waals surface area (Å²) in [7, 11) is 0. The lowest BCUT2D eigenvalue weighted by Crippen LogP contribution is -2.07. The van der Waals surface area contributed by atoms with Crippen molar-refractivity contribution in [2.24, 2.45) is 0 Å². The highest BCUT2D eigenvalue weighted by Gasteiger charge is 2.01. The third kappa shape index (κ3) is 7.22. The summed E-state index contributed by atoms with van der Waals surface area (Å²) < 4.78 is 5.51. The van der Waals surface area contributed by atoms with E-state index in [0.29, 0.717) is 11.9 Å². The van der Waals surface area contributed by atoms with E-state index in [1.54, 1.807) is 6.07 Å². The minimum Gasteiger partial charge on any atom is -0.508 e. The third-order valence-electron chi connectivity index (χ3n) is 3.50. The van der Waals surface area contributed by atoms with Crippen LogP contribution >= 0.6 is 0 Å². The first kappa shape index (κ1) is 16.0. The molecule has 0 fully saturated rings. The molecule has 0 heterocycles. The fourth-order valence-corrected chi connectivity index (χ4v) is 2.37. The van der Waals surface area contributed by atoms with Crippen LogP contribution in [0, 0.1) is 0 Å². The lowest BCUT2D eigenvalue weighted by atomic mass is 10.0. The van der Waals surface area contributed by atoms with Crippen LogP contribution in [0.1, 0.15) is 57.9 Å². The molecule has 2 nitrogen and oxygen atoms in total. The average molecular weight is 264 g/mol. The van der Waals surface area contributed by atoms with Crippen LogP contribution in [0.2, 0.25) is 0 Å². The zero-order valence-corrected chi connectivity index (χ0v) is 12.4. The smallest absolute Gasteiger partial charge is 0.118 e. The molecule has 0 spiro atoms. The molecular formula is C17H28O2. The molecule has 0 saturated carbocycles. The number of phenolic OH excluding ortho intramolecular Hbond substituents is 1. The molecule has 19 heavy (non-hydrogen) atoms. The van der Waals surface area contributed by atoms with E-state index in [-0.39, 0.29) is 0 Å². The summed E-state index contributed by atoms with van der Waals surface area (Å²) in [5.41, 5.74) is 1.08. The summed E-state index contributed by atoms with van der Waals surface area (Å²) in [6.07, 6.45) is 8.82. The van der Waals surface area contributed by atoms with Crippen molar-refractivity contribution in [3.8, 4) is 5.75 Å². The van der Waals surface area contributed by atoms with Gasteiger partial charge in [0.25, 0.3) is 0 Å². The number of hydrogen-bond acceptors (Lipinski definition) is 2. The lowest BCUT2D eigenvalue weighted by molar-refractivity contribution is 0.0684. The average Bonchev–Trinajstić information content (AvgIpc) is 2.40. The summed E-state index contributed by atoms with van der Waals surface area (Å²) in [4.78, 5) is 0. The van der Waals surface area contributed by atoms with Gasteiger partial charge >= 0.3 is 0 Å². The molecule has 0 radical (unpaired) electrons. The van der Waals surface area contributed by atoms with E-state index in [0.717, 1.165) is 18.6 Å². The maximum Gasteiger partial charge on any atom is 0.118 e. The van der Waals surface area contributed by atoms with Crippen molar-refractivity contribution < 1.29 is 9.84 Å². The van der Waals surface area contributed by atoms with E-state index in [1.807, 2.05) is 18.2 Å². The Kier molecular flexibility index (Phi) is 8.31. The largest absolute Gasteiger partial charge is 0.508 e. The van der Waals surface area contributed by atoms with Crippen molar-refractivity contribution in [2.75, 3.05) is 6.61 Å². The molecule has 0 aliphatic carbocycles. The summed E-state index contributed by atoms with van der Waals surface area (Å²) in [6.45, 7) is 5.03. The first-order chi connectivity index (χ1) is 9.24. The molecule has 1 unspecified atom stereocenters. The van der Waals surface area contributed by atoms with Gasteiger partial charge in [0, 0.05) is 6.61 Å². The van der Waals surface area contributed by atoms with Gasteiger partial charge in [-0.2, -0.15) is 0 Å². The zero-order chi connectivity index (χ0) is 13.9. The van der Waals surface area contributed by atoms with Gasteiger partial charge in [0.15, 0.2) is 0 Å². The highest BCUT2D eigenvalue weighted by molar-refractivity contribution is 5.31. The van der Waals surface area contributed by atoms with E-state index in [1.165, 1.54) is 38.5 Å². The highest BCUT2D eigenvalue weighted by Crippen LogP contribution is 2.19. The zero-order valence-electron chi connectivity index (χ0n) is 12.4. The molecule has 1 rings (SSSR count). The van der Waals surface area contributed by atoms with Gasteiger partial charge in [-0.25, -0.2) is 0 Å². The monoisotopic (exact) mass is 264 g/mol. The molecule has 1 aromatic carbocycles. The number of rotatable bonds is 10. The van der Waals surface area contributed by atoms with Gasteiger partial charge in [0.2, 0.25) is 0 Å². The van der Waals surface area contributed by atoms with Crippen LogP contribution in [0.3, 0.4) is 0 Å². The van der Waals surface area contributed by atoms with Crippen molar-refractivity contribution in [1.29, 1.82) is 0 Å². The molecule has 0 bridgehead atoms. The second kappa shape index (κ2) is 9.85. The summed E-state index contributed by atoms with van der Waals surface area (Å²) in [5, 5.41) is 9.65. The summed E-state index contributed by atoms with van der Waals surface area (Å²) >= 11 is 0. The number of para-hydroxylation sites is 1. The van der Waals surface area contributed by atoms with E-state index < -0.39 is 0 Å². The van der Waals surface area contributed by atoms with Gasteiger partial charge in [0.1, 0.15) is 5.75 Å². The molecule has 0 amide bonds. The molecular weight excluding hydrogens is 236 g/mol. The van der Waals surface area contributed by atoms with Crippen LogP contribution in [0.15, 0.2) is 24.3 Å². The fourth-order valence-electron chi connectivity index (χ4n) is 2.37. The number of phenols is 1. The van der Waals surface area contributed by atoms with Gasteiger partial charge in [-0.1, -0.05) is 43.9 Å². The highest BCUT2D eigenvalue weighted by atomic mass is 16.5. The maximum absolute atomic E-state index is 9.65. The number of unbranched alkanes of at least 4 members (excludes halogenated alkanes) is 4. The Labute approximate surface area is 117 Å². The van der Waals surface area contributed by atoms with Crippen LogP contribution in [-0.4, -0.2) is 17.8 Å². The number of ether oxygens (including phenoxy) is 1. The SMILES string of the molecule is CCOC(C)CCCCCCCc1ccccc1O. The van der Waals surface area contributed by atoms with E-state index in [4.69, 9.17) is 4.74 Å². The van der Waals surface area contributed by atoms with Crippen molar-refractivity contribution in [3.05, 3.63) is 29.8 Å². The van der Waals surface area contributed by atoms with Gasteiger partial charge in [-0.05, 0) is 44.7 Å². The van der Waals surface area contributed by atoms with E-state index in [9.17, 15) is 5.11 Å². The number of hydrogen-bond donors (Lipinski definition) is 1.